The number of nitrogen functional groups attached to an aromatic ring is 1. The van der Waals surface area contributed by atoms with E-state index in [4.69, 9.17) is 15.2 Å². The number of methoxy groups -OCH3 is 2. The maximum Gasteiger partial charge on any atom is 0.162 e. The van der Waals surface area contributed by atoms with Crippen LogP contribution >= 0.6 is 0 Å². The fourth-order valence-corrected chi connectivity index (χ4v) is 3.26. The molecule has 0 amide bonds. The predicted octanol–water partition coefficient (Wildman–Crippen LogP) is 3.56. The fourth-order valence-electron chi connectivity index (χ4n) is 3.26. The van der Waals surface area contributed by atoms with Gasteiger partial charge in [-0.1, -0.05) is 6.07 Å². The molecular weight excluding hydrogens is 340 g/mol. The van der Waals surface area contributed by atoms with E-state index in [1.165, 1.54) is 5.56 Å². The molecule has 3 heterocycles. The number of nitrogens with two attached hydrogens (primary N) is 1. The van der Waals surface area contributed by atoms with Gasteiger partial charge in [0, 0.05) is 41.1 Å². The van der Waals surface area contributed by atoms with Crippen LogP contribution in [0, 0.1) is 0 Å². The quantitative estimate of drug-likeness (QED) is 0.548. The topological polar surface area (TPSA) is 83.2 Å². The number of aryl methyl sites for hydroxylation is 2. The van der Waals surface area contributed by atoms with E-state index in [2.05, 4.69) is 27.1 Å². The first-order valence-electron chi connectivity index (χ1n) is 8.68. The maximum absolute atomic E-state index is 6.22. The third kappa shape index (κ3) is 3.21. The summed E-state index contributed by atoms with van der Waals surface area (Å²) in [5, 5.41) is 2.80. The first kappa shape index (κ1) is 17.0. The molecule has 4 rings (SSSR count). The molecular formula is C21H20N4O2. The largest absolute Gasteiger partial charge is 0.493 e. The van der Waals surface area contributed by atoms with E-state index < -0.39 is 0 Å². The number of fused-ring (bicyclic) bond motifs is 3. The molecule has 3 aromatic heterocycles. The van der Waals surface area contributed by atoms with Crippen molar-refractivity contribution in [3.8, 4) is 11.5 Å². The number of ether oxygens (including phenoxy) is 2. The van der Waals surface area contributed by atoms with E-state index in [1.54, 1.807) is 26.6 Å². The number of benzene rings is 1. The summed E-state index contributed by atoms with van der Waals surface area (Å²) in [7, 11) is 3.24. The Morgan fingerprint density at radius 3 is 2.48 bits per heavy atom. The first-order chi connectivity index (χ1) is 13.2. The van der Waals surface area contributed by atoms with Crippen LogP contribution in [-0.4, -0.2) is 29.2 Å². The molecule has 27 heavy (non-hydrogen) atoms. The Morgan fingerprint density at radius 2 is 1.74 bits per heavy atom. The Morgan fingerprint density at radius 1 is 0.926 bits per heavy atom. The van der Waals surface area contributed by atoms with Gasteiger partial charge >= 0.3 is 0 Å². The molecule has 0 saturated carbocycles. The standard InChI is InChI=1S/C21H20N4O2/c1-26-19-9-16-15-8-14(6-5-13-4-3-7-23-11-13)25-21(22)17(15)12-24-18(16)10-20(19)27-2/h3-4,7-12H,5-6H2,1-2H3,(H2,22,25). The Balaban J connectivity index is 1.82. The maximum atomic E-state index is 6.22. The molecule has 6 heteroatoms. The summed E-state index contributed by atoms with van der Waals surface area (Å²) in [5.41, 5.74) is 9.15. The van der Waals surface area contributed by atoms with Gasteiger partial charge in [-0.2, -0.15) is 0 Å². The number of anilines is 1. The van der Waals surface area contributed by atoms with Gasteiger partial charge in [0.05, 0.1) is 19.7 Å². The molecule has 0 aliphatic rings. The normalized spacial score (nSPS) is 11.0. The highest BCUT2D eigenvalue weighted by atomic mass is 16.5. The van der Waals surface area contributed by atoms with E-state index in [9.17, 15) is 0 Å². The van der Waals surface area contributed by atoms with Crippen LogP contribution in [0.5, 0.6) is 11.5 Å². The highest BCUT2D eigenvalue weighted by Crippen LogP contribution is 2.35. The summed E-state index contributed by atoms with van der Waals surface area (Å²) in [4.78, 5) is 13.2. The van der Waals surface area contributed by atoms with Crippen LogP contribution < -0.4 is 15.2 Å². The van der Waals surface area contributed by atoms with Crippen molar-refractivity contribution < 1.29 is 9.47 Å². The Kier molecular flexibility index (Phi) is 4.46. The second kappa shape index (κ2) is 7.07. The van der Waals surface area contributed by atoms with Gasteiger partial charge in [0.15, 0.2) is 11.5 Å². The second-order valence-electron chi connectivity index (χ2n) is 6.30. The zero-order chi connectivity index (χ0) is 18.8. The zero-order valence-electron chi connectivity index (χ0n) is 15.3. The van der Waals surface area contributed by atoms with E-state index in [0.29, 0.717) is 17.3 Å². The minimum absolute atomic E-state index is 0.484. The van der Waals surface area contributed by atoms with Gasteiger partial charge in [-0.3, -0.25) is 9.97 Å². The van der Waals surface area contributed by atoms with Gasteiger partial charge in [0.2, 0.25) is 0 Å². The van der Waals surface area contributed by atoms with Gasteiger partial charge in [-0.05, 0) is 42.0 Å². The molecule has 0 fully saturated rings. The minimum atomic E-state index is 0.484. The highest BCUT2D eigenvalue weighted by molar-refractivity contribution is 6.09. The molecule has 0 atom stereocenters. The number of hydrogen-bond donors (Lipinski definition) is 1. The van der Waals surface area contributed by atoms with Crippen molar-refractivity contribution in [2.45, 2.75) is 12.8 Å². The third-order valence-electron chi connectivity index (χ3n) is 4.66. The Bertz CT molecular complexity index is 1110. The molecule has 0 aliphatic heterocycles. The lowest BCUT2D eigenvalue weighted by atomic mass is 10.0. The van der Waals surface area contributed by atoms with Crippen LogP contribution in [0.4, 0.5) is 5.82 Å². The van der Waals surface area contributed by atoms with Crippen molar-refractivity contribution in [2.75, 3.05) is 20.0 Å². The second-order valence-corrected chi connectivity index (χ2v) is 6.30. The molecule has 0 radical (unpaired) electrons. The lowest BCUT2D eigenvalue weighted by molar-refractivity contribution is 0.356. The molecule has 0 saturated heterocycles. The molecule has 0 bridgehead atoms. The van der Waals surface area contributed by atoms with E-state index in [1.807, 2.05) is 24.4 Å². The van der Waals surface area contributed by atoms with Crippen molar-refractivity contribution >= 4 is 27.5 Å². The zero-order valence-corrected chi connectivity index (χ0v) is 15.3. The van der Waals surface area contributed by atoms with Gasteiger partial charge in [-0.25, -0.2) is 4.98 Å². The highest BCUT2D eigenvalue weighted by Gasteiger charge is 2.12. The minimum Gasteiger partial charge on any atom is -0.493 e. The number of hydrogen-bond acceptors (Lipinski definition) is 6. The van der Waals surface area contributed by atoms with Crippen molar-refractivity contribution in [2.24, 2.45) is 0 Å². The van der Waals surface area contributed by atoms with Crippen molar-refractivity contribution in [3.63, 3.8) is 0 Å². The lowest BCUT2D eigenvalue weighted by Gasteiger charge is -2.12. The van der Waals surface area contributed by atoms with Gasteiger partial charge in [-0.15, -0.1) is 0 Å². The fraction of sp³-hybridized carbons (Fsp3) is 0.190. The molecule has 1 aromatic carbocycles. The number of pyridine rings is 3. The van der Waals surface area contributed by atoms with Crippen molar-refractivity contribution in [1.29, 1.82) is 0 Å². The Hall–Kier alpha value is -3.41. The number of rotatable bonds is 5. The first-order valence-corrected chi connectivity index (χ1v) is 8.68. The molecule has 4 aromatic rings. The van der Waals surface area contributed by atoms with Crippen LogP contribution in [-0.2, 0) is 12.8 Å². The lowest BCUT2D eigenvalue weighted by Crippen LogP contribution is -2.01. The number of nitrogens with zero attached hydrogens (tertiary/aromatic N) is 3. The van der Waals surface area contributed by atoms with Gasteiger partial charge < -0.3 is 15.2 Å². The van der Waals surface area contributed by atoms with Crippen molar-refractivity contribution in [1.82, 2.24) is 15.0 Å². The summed E-state index contributed by atoms with van der Waals surface area (Å²) in [6.07, 6.45) is 7.04. The van der Waals surface area contributed by atoms with Crippen LogP contribution in [0.15, 0.2) is 48.9 Å². The average molecular weight is 360 g/mol. The predicted molar refractivity (Wildman–Crippen MR) is 106 cm³/mol. The monoisotopic (exact) mass is 360 g/mol. The van der Waals surface area contributed by atoms with Crippen LogP contribution in [0.2, 0.25) is 0 Å². The average Bonchev–Trinajstić information content (AvgIpc) is 2.71. The summed E-state index contributed by atoms with van der Waals surface area (Å²) < 4.78 is 10.8. The molecule has 2 N–H and O–H groups in total. The molecule has 136 valence electrons. The van der Waals surface area contributed by atoms with Crippen LogP contribution in [0.25, 0.3) is 21.7 Å². The molecule has 0 aliphatic carbocycles. The van der Waals surface area contributed by atoms with E-state index in [0.717, 1.165) is 40.2 Å². The smallest absolute Gasteiger partial charge is 0.162 e. The SMILES string of the molecule is COc1cc2ncc3c(N)nc(CCc4cccnc4)cc3c2cc1OC. The molecule has 0 spiro atoms. The number of aromatic nitrogens is 3. The summed E-state index contributed by atoms with van der Waals surface area (Å²) >= 11 is 0. The Labute approximate surface area is 157 Å². The van der Waals surface area contributed by atoms with Gasteiger partial charge in [0.1, 0.15) is 5.82 Å². The summed E-state index contributed by atoms with van der Waals surface area (Å²) in [6, 6.07) is 9.90. The molecule has 6 nitrogen and oxygen atoms in total. The van der Waals surface area contributed by atoms with E-state index in [-0.39, 0.29) is 0 Å². The van der Waals surface area contributed by atoms with Crippen LogP contribution in [0.1, 0.15) is 11.3 Å². The third-order valence-corrected chi connectivity index (χ3v) is 4.66. The van der Waals surface area contributed by atoms with Crippen molar-refractivity contribution in [3.05, 3.63) is 60.2 Å². The van der Waals surface area contributed by atoms with Crippen LogP contribution in [0.3, 0.4) is 0 Å². The summed E-state index contributed by atoms with van der Waals surface area (Å²) in [6.45, 7) is 0. The van der Waals surface area contributed by atoms with Gasteiger partial charge in [0.25, 0.3) is 0 Å². The van der Waals surface area contributed by atoms with E-state index >= 15 is 0 Å². The molecule has 0 unspecified atom stereocenters. The summed E-state index contributed by atoms with van der Waals surface area (Å²) in [5.74, 6) is 1.79.